The molecule has 2 aromatic rings. The summed E-state index contributed by atoms with van der Waals surface area (Å²) in [5, 5.41) is 10.4. The third-order valence-corrected chi connectivity index (χ3v) is 4.26. The molecule has 6 heteroatoms. The van der Waals surface area contributed by atoms with E-state index in [9.17, 15) is 0 Å². The molecule has 0 radical (unpaired) electrons. The van der Waals surface area contributed by atoms with Gasteiger partial charge in [-0.15, -0.1) is 11.1 Å². The van der Waals surface area contributed by atoms with Crippen LogP contribution in [0.3, 0.4) is 0 Å². The summed E-state index contributed by atoms with van der Waals surface area (Å²) >= 11 is 0. The maximum Gasteiger partial charge on any atom is 3.00 e. The van der Waals surface area contributed by atoms with Crippen molar-refractivity contribution in [1.82, 2.24) is 5.32 Å². The summed E-state index contributed by atoms with van der Waals surface area (Å²) in [6.07, 6.45) is 0. The minimum atomic E-state index is 0. The normalized spacial score (nSPS) is 9.56. The first-order chi connectivity index (χ1) is 11.4. The molecule has 0 aliphatic rings. The van der Waals surface area contributed by atoms with Crippen molar-refractivity contribution in [1.29, 1.82) is 0 Å². The molecule has 0 amide bonds. The third kappa shape index (κ3) is 8.56. The van der Waals surface area contributed by atoms with Gasteiger partial charge >= 0.3 is 16.8 Å². The van der Waals surface area contributed by atoms with E-state index < -0.39 is 0 Å². The molecule has 27 heavy (non-hydrogen) atoms. The van der Waals surface area contributed by atoms with Crippen LogP contribution < -0.4 is 49.9 Å². The van der Waals surface area contributed by atoms with Gasteiger partial charge in [0.05, 0.1) is 6.67 Å². The van der Waals surface area contributed by atoms with Gasteiger partial charge in [-0.1, -0.05) is 44.2 Å². The fourth-order valence-electron chi connectivity index (χ4n) is 3.33. The summed E-state index contributed by atoms with van der Waals surface area (Å²) < 4.78 is 0. The van der Waals surface area contributed by atoms with Gasteiger partial charge in [0.15, 0.2) is 0 Å². The van der Waals surface area contributed by atoms with Gasteiger partial charge in [0, 0.05) is 18.8 Å². The third-order valence-electron chi connectivity index (χ3n) is 4.26. The summed E-state index contributed by atoms with van der Waals surface area (Å²) in [5.74, 6) is 0. The predicted molar refractivity (Wildman–Crippen MR) is 105 cm³/mol. The summed E-state index contributed by atoms with van der Waals surface area (Å²) in [6.45, 7) is 15.4. The maximum absolute atomic E-state index is 3.54. The second-order valence-electron chi connectivity index (χ2n) is 6.69. The molecular weight excluding hydrogens is 513 g/mol. The molecule has 0 aliphatic heterocycles. The Hall–Kier alpha value is -0.534. The van der Waals surface area contributed by atoms with Gasteiger partial charge in [-0.2, -0.15) is 17.7 Å². The standard InChI is InChI=1S/C21H30N3.2BrH.Co/c1-14-9-16(3)20(17(4)10-14)23-8-7-22-13-24-21-18(5)11-15(2)12-19(21)6;;;/h9-11,22-24H,7-8,13H2,1-6H3;2*1H;/q-1;;;+3/p-2. The zero-order chi connectivity index (χ0) is 17.7. The topological polar surface area (TPSA) is 36.1 Å². The Labute approximate surface area is 196 Å². The first-order valence-electron chi connectivity index (χ1n) is 8.65. The fraction of sp³-hybridized carbons (Fsp3) is 0.429. The summed E-state index contributed by atoms with van der Waals surface area (Å²) in [7, 11) is 0. The van der Waals surface area contributed by atoms with Crippen LogP contribution in [0, 0.1) is 47.6 Å². The Morgan fingerprint density at radius 3 is 1.85 bits per heavy atom. The Balaban J connectivity index is 0. The number of nitrogens with one attached hydrogen (secondary N) is 3. The van der Waals surface area contributed by atoms with Crippen LogP contribution in [-0.4, -0.2) is 19.8 Å². The smallest absolute Gasteiger partial charge is 1.00 e. The Bertz CT molecular complexity index is 613. The maximum atomic E-state index is 3.54. The molecule has 2 rings (SSSR count). The molecule has 0 saturated heterocycles. The largest absolute Gasteiger partial charge is 3.00 e. The number of hydrogen-bond acceptors (Lipinski definition) is 3. The van der Waals surface area contributed by atoms with Gasteiger partial charge in [-0.05, 0) is 31.9 Å². The van der Waals surface area contributed by atoms with E-state index in [1.807, 2.05) is 0 Å². The number of rotatable bonds is 7. The van der Waals surface area contributed by atoms with E-state index in [1.54, 1.807) is 0 Å². The van der Waals surface area contributed by atoms with Gasteiger partial charge in [0.25, 0.3) is 0 Å². The van der Waals surface area contributed by atoms with Gasteiger partial charge in [0.2, 0.25) is 0 Å². The van der Waals surface area contributed by atoms with Crippen LogP contribution in [0.4, 0.5) is 11.4 Å². The average molecular weight is 543 g/mol. The van der Waals surface area contributed by atoms with Crippen molar-refractivity contribution < 1.29 is 50.7 Å². The first kappa shape index (κ1) is 28.7. The summed E-state index contributed by atoms with van der Waals surface area (Å²) in [6, 6.07) is 9.99. The Kier molecular flexibility index (Phi) is 14.5. The van der Waals surface area contributed by atoms with Crippen molar-refractivity contribution in [3.05, 3.63) is 57.6 Å². The minimum Gasteiger partial charge on any atom is -1.00 e. The van der Waals surface area contributed by atoms with E-state index in [2.05, 4.69) is 81.8 Å². The number of benzene rings is 2. The molecule has 3 N–H and O–H groups in total. The summed E-state index contributed by atoms with van der Waals surface area (Å²) in [5.41, 5.74) is 10.0. The fourth-order valence-corrected chi connectivity index (χ4v) is 3.33. The first-order valence-corrected chi connectivity index (χ1v) is 8.65. The van der Waals surface area contributed by atoms with Crippen molar-refractivity contribution in [2.24, 2.45) is 0 Å². The molecule has 0 aliphatic carbocycles. The van der Waals surface area contributed by atoms with E-state index >= 15 is 0 Å². The van der Waals surface area contributed by atoms with Gasteiger partial charge in [-0.3, -0.25) is 5.32 Å². The molecule has 0 heterocycles. The van der Waals surface area contributed by atoms with Crippen LogP contribution in [-0.2, 0) is 16.8 Å². The SMILES string of the molecule is Cc1[c-]c(C)c(NCNCCNc2c(C)cc(C)cc2C)c(C)c1.[Br-].[Br-].[Co+3]. The van der Waals surface area contributed by atoms with Crippen LogP contribution in [0.2, 0.25) is 0 Å². The molecule has 0 atom stereocenters. The van der Waals surface area contributed by atoms with Crippen LogP contribution in [0.15, 0.2) is 18.2 Å². The van der Waals surface area contributed by atoms with E-state index in [4.69, 9.17) is 0 Å². The average Bonchev–Trinajstić information content (AvgIpc) is 2.46. The van der Waals surface area contributed by atoms with Gasteiger partial charge < -0.3 is 44.6 Å². The van der Waals surface area contributed by atoms with Crippen LogP contribution in [0.1, 0.15) is 33.4 Å². The molecule has 0 spiro atoms. The van der Waals surface area contributed by atoms with E-state index in [-0.39, 0.29) is 50.7 Å². The molecule has 152 valence electrons. The zero-order valence-corrected chi connectivity index (χ0v) is 21.2. The second-order valence-corrected chi connectivity index (χ2v) is 6.69. The van der Waals surface area contributed by atoms with Crippen molar-refractivity contribution in [3.63, 3.8) is 0 Å². The quantitative estimate of drug-likeness (QED) is 0.224. The Morgan fingerprint density at radius 1 is 0.741 bits per heavy atom. The molecule has 0 unspecified atom stereocenters. The monoisotopic (exact) mass is 541 g/mol. The van der Waals surface area contributed by atoms with E-state index in [0.29, 0.717) is 0 Å². The van der Waals surface area contributed by atoms with Crippen molar-refractivity contribution >= 4 is 11.4 Å². The number of hydrogen-bond donors (Lipinski definition) is 3. The predicted octanol–water partition coefficient (Wildman–Crippen LogP) is -1.59. The van der Waals surface area contributed by atoms with Crippen LogP contribution in [0.25, 0.3) is 0 Å². The van der Waals surface area contributed by atoms with Crippen LogP contribution >= 0.6 is 0 Å². The molecular formula is C21H30Br2CoN3. The minimum absolute atomic E-state index is 0. The Morgan fingerprint density at radius 2 is 1.30 bits per heavy atom. The number of anilines is 2. The van der Waals surface area contributed by atoms with Gasteiger partial charge in [-0.25, -0.2) is 0 Å². The molecule has 0 saturated carbocycles. The van der Waals surface area contributed by atoms with Crippen LogP contribution in [0.5, 0.6) is 0 Å². The second kappa shape index (κ2) is 13.6. The van der Waals surface area contributed by atoms with E-state index in [1.165, 1.54) is 44.8 Å². The molecule has 2 aromatic carbocycles. The number of aryl methyl sites for hydroxylation is 6. The molecule has 3 nitrogen and oxygen atoms in total. The molecule has 0 aromatic heterocycles. The summed E-state index contributed by atoms with van der Waals surface area (Å²) in [4.78, 5) is 0. The van der Waals surface area contributed by atoms with Crippen molar-refractivity contribution in [2.45, 2.75) is 41.5 Å². The van der Waals surface area contributed by atoms with Crippen molar-refractivity contribution in [3.8, 4) is 0 Å². The van der Waals surface area contributed by atoms with Crippen molar-refractivity contribution in [2.75, 3.05) is 30.4 Å². The van der Waals surface area contributed by atoms with E-state index in [0.717, 1.165) is 19.8 Å². The van der Waals surface area contributed by atoms with Gasteiger partial charge in [0.1, 0.15) is 0 Å². The molecule has 0 bridgehead atoms. The molecule has 0 fully saturated rings. The number of halogens is 2. The zero-order valence-electron chi connectivity index (χ0n) is 16.9.